The molecule has 0 aliphatic carbocycles. The van der Waals surface area contributed by atoms with Crippen LogP contribution in [0, 0.1) is 17.2 Å². The van der Waals surface area contributed by atoms with Crippen molar-refractivity contribution in [3.63, 3.8) is 0 Å². The lowest BCUT2D eigenvalue weighted by atomic mass is 9.92. The average Bonchev–Trinajstić information content (AvgIpc) is 3.39. The number of anilines is 1. The standard InChI is InChI=1S/C28H35N9O3/c1-18-10-15-36(23(38)9-13-30)17-22(18)35(2)25-21-11-16-37(28(31)40)26(21)34-24(33-25)19-5-7-20(8-6-19)27(39)32-14-4-3-12-29/h5-8,11,16,18,22H,3-4,9-10,12,14-15,17,29H2,1-2H3,(H2,31,40)(H,32,39)/t18-,22+/m1/s1. The molecule has 1 aliphatic heterocycles. The van der Waals surface area contributed by atoms with E-state index in [1.54, 1.807) is 41.4 Å². The summed E-state index contributed by atoms with van der Waals surface area (Å²) in [5, 5.41) is 12.5. The van der Waals surface area contributed by atoms with Gasteiger partial charge in [-0.25, -0.2) is 14.8 Å². The van der Waals surface area contributed by atoms with Crippen LogP contribution in [0.15, 0.2) is 36.5 Å². The van der Waals surface area contributed by atoms with Crippen molar-refractivity contribution in [2.45, 2.75) is 38.6 Å². The third-order valence-electron chi connectivity index (χ3n) is 7.42. The van der Waals surface area contributed by atoms with E-state index in [9.17, 15) is 14.4 Å². The number of unbranched alkanes of at least 4 members (excludes halogenated alkanes) is 1. The molecule has 1 saturated heterocycles. The molecule has 0 spiro atoms. The Morgan fingerprint density at radius 3 is 2.60 bits per heavy atom. The van der Waals surface area contributed by atoms with Crippen molar-refractivity contribution in [1.29, 1.82) is 5.26 Å². The van der Waals surface area contributed by atoms with Gasteiger partial charge in [0.05, 0.1) is 17.5 Å². The second-order valence-corrected chi connectivity index (χ2v) is 10.1. The van der Waals surface area contributed by atoms with Gasteiger partial charge in [-0.3, -0.25) is 14.2 Å². The summed E-state index contributed by atoms with van der Waals surface area (Å²) < 4.78 is 1.27. The highest BCUT2D eigenvalue weighted by atomic mass is 16.2. The van der Waals surface area contributed by atoms with Gasteiger partial charge in [0.15, 0.2) is 11.5 Å². The van der Waals surface area contributed by atoms with Crippen molar-refractivity contribution >= 4 is 34.7 Å². The highest BCUT2D eigenvalue weighted by molar-refractivity contribution is 5.96. The molecule has 3 amide bonds. The Hall–Kier alpha value is -4.50. The number of likely N-dealkylation sites (tertiary alicyclic amines) is 1. The third kappa shape index (κ3) is 6.05. The first-order chi connectivity index (χ1) is 19.2. The Morgan fingerprint density at radius 2 is 1.93 bits per heavy atom. The Morgan fingerprint density at radius 1 is 1.18 bits per heavy atom. The van der Waals surface area contributed by atoms with Gasteiger partial charge in [-0.05, 0) is 49.9 Å². The zero-order valence-electron chi connectivity index (χ0n) is 22.8. The zero-order chi connectivity index (χ0) is 28.8. The van der Waals surface area contributed by atoms with E-state index >= 15 is 0 Å². The predicted octanol–water partition coefficient (Wildman–Crippen LogP) is 2.08. The number of carbonyl (C=O) groups excluding carboxylic acids is 3. The SMILES string of the molecule is C[C@@H]1CCN(C(=O)CC#N)C[C@@H]1N(C)c1nc(-c2ccc(C(=O)NCCCCN)cc2)nc2c1ccn2C(N)=O. The van der Waals surface area contributed by atoms with Gasteiger partial charge in [0.2, 0.25) is 5.91 Å². The van der Waals surface area contributed by atoms with Gasteiger partial charge in [-0.15, -0.1) is 0 Å². The Bertz CT molecular complexity index is 1430. The van der Waals surface area contributed by atoms with Gasteiger partial charge >= 0.3 is 6.03 Å². The van der Waals surface area contributed by atoms with Gasteiger partial charge in [0.1, 0.15) is 12.2 Å². The van der Waals surface area contributed by atoms with Crippen LogP contribution in [0.1, 0.15) is 43.0 Å². The summed E-state index contributed by atoms with van der Waals surface area (Å²) in [4.78, 5) is 50.4. The van der Waals surface area contributed by atoms with Gasteiger partial charge < -0.3 is 26.6 Å². The van der Waals surface area contributed by atoms with E-state index in [1.807, 2.05) is 18.0 Å². The van der Waals surface area contributed by atoms with E-state index in [4.69, 9.17) is 21.7 Å². The number of nitriles is 1. The van der Waals surface area contributed by atoms with Gasteiger partial charge in [-0.1, -0.05) is 19.1 Å². The summed E-state index contributed by atoms with van der Waals surface area (Å²) in [6, 6.07) is 9.89. The van der Waals surface area contributed by atoms with Crippen molar-refractivity contribution in [2.75, 3.05) is 38.1 Å². The summed E-state index contributed by atoms with van der Waals surface area (Å²) >= 11 is 0. The van der Waals surface area contributed by atoms with Crippen LogP contribution in [0.4, 0.5) is 10.6 Å². The molecule has 12 heteroatoms. The van der Waals surface area contributed by atoms with Crippen molar-refractivity contribution < 1.29 is 14.4 Å². The molecule has 40 heavy (non-hydrogen) atoms. The molecule has 1 aliphatic rings. The number of aromatic nitrogens is 3. The lowest BCUT2D eigenvalue weighted by molar-refractivity contribution is -0.131. The largest absolute Gasteiger partial charge is 0.354 e. The number of benzene rings is 1. The molecule has 0 saturated carbocycles. The molecule has 12 nitrogen and oxygen atoms in total. The quantitative estimate of drug-likeness (QED) is 0.342. The topological polar surface area (TPSA) is 176 Å². The molecule has 1 fully saturated rings. The minimum absolute atomic E-state index is 0.0791. The maximum absolute atomic E-state index is 12.5. The number of rotatable bonds is 9. The van der Waals surface area contributed by atoms with Crippen LogP contribution in [0.2, 0.25) is 0 Å². The number of hydrogen-bond acceptors (Lipinski definition) is 8. The van der Waals surface area contributed by atoms with Crippen molar-refractivity contribution in [3.8, 4) is 17.5 Å². The second kappa shape index (κ2) is 12.6. The van der Waals surface area contributed by atoms with E-state index in [1.165, 1.54) is 4.57 Å². The van der Waals surface area contributed by atoms with Crippen LogP contribution in [0.3, 0.4) is 0 Å². The van der Waals surface area contributed by atoms with Crippen LogP contribution >= 0.6 is 0 Å². The molecular weight excluding hydrogens is 510 g/mol. The second-order valence-electron chi connectivity index (χ2n) is 10.1. The number of nitrogens with two attached hydrogens (primary N) is 2. The van der Waals surface area contributed by atoms with Crippen LogP contribution in [0.5, 0.6) is 0 Å². The molecule has 2 atom stereocenters. The molecule has 0 bridgehead atoms. The fourth-order valence-electron chi connectivity index (χ4n) is 5.03. The molecule has 210 valence electrons. The summed E-state index contributed by atoms with van der Waals surface area (Å²) in [6.07, 6.45) is 3.85. The number of nitrogens with zero attached hydrogens (tertiary/aromatic N) is 6. The number of likely N-dealkylation sites (N-methyl/N-ethyl adjacent to an activating group) is 1. The maximum Gasteiger partial charge on any atom is 0.324 e. The molecule has 4 rings (SSSR count). The molecule has 0 radical (unpaired) electrons. The Kier molecular flexibility index (Phi) is 8.96. The zero-order valence-corrected chi connectivity index (χ0v) is 22.8. The average molecular weight is 546 g/mol. The first-order valence-electron chi connectivity index (χ1n) is 13.4. The van der Waals surface area contributed by atoms with Gasteiger partial charge in [0, 0.05) is 44.0 Å². The van der Waals surface area contributed by atoms with Crippen LogP contribution in [0.25, 0.3) is 22.4 Å². The minimum Gasteiger partial charge on any atom is -0.354 e. The Labute approximate surface area is 232 Å². The van der Waals surface area contributed by atoms with Gasteiger partial charge in [0.25, 0.3) is 5.91 Å². The molecule has 0 unspecified atom stereocenters. The highest BCUT2D eigenvalue weighted by Gasteiger charge is 2.33. The number of hydrogen-bond donors (Lipinski definition) is 3. The summed E-state index contributed by atoms with van der Waals surface area (Å²) in [5.41, 5.74) is 12.7. The predicted molar refractivity (Wildman–Crippen MR) is 151 cm³/mol. The summed E-state index contributed by atoms with van der Waals surface area (Å²) in [5.74, 6) is 0.833. The molecule has 3 heterocycles. The fraction of sp³-hybridized carbons (Fsp3) is 0.429. The number of primary amides is 1. The lowest BCUT2D eigenvalue weighted by Gasteiger charge is -2.42. The van der Waals surface area contributed by atoms with E-state index < -0.39 is 6.03 Å². The molecule has 5 N–H and O–H groups in total. The Balaban J connectivity index is 1.68. The number of nitrogens with one attached hydrogen (secondary N) is 1. The van der Waals surface area contributed by atoms with Crippen molar-refractivity contribution in [3.05, 3.63) is 42.1 Å². The smallest absolute Gasteiger partial charge is 0.324 e. The molecular formula is C28H35N9O3. The van der Waals surface area contributed by atoms with Gasteiger partial charge in [-0.2, -0.15) is 5.26 Å². The van der Waals surface area contributed by atoms with E-state index in [-0.39, 0.29) is 30.2 Å². The van der Waals surface area contributed by atoms with E-state index in [0.29, 0.717) is 60.0 Å². The fourth-order valence-corrected chi connectivity index (χ4v) is 5.03. The summed E-state index contributed by atoms with van der Waals surface area (Å²) in [7, 11) is 1.91. The third-order valence-corrected chi connectivity index (χ3v) is 7.42. The molecule has 2 aromatic heterocycles. The highest BCUT2D eigenvalue weighted by Crippen LogP contribution is 2.32. The number of fused-ring (bicyclic) bond motifs is 1. The van der Waals surface area contributed by atoms with Crippen LogP contribution < -0.4 is 21.7 Å². The van der Waals surface area contributed by atoms with Crippen LogP contribution in [-0.2, 0) is 4.79 Å². The van der Waals surface area contributed by atoms with Crippen molar-refractivity contribution in [2.24, 2.45) is 17.4 Å². The minimum atomic E-state index is -0.672. The monoisotopic (exact) mass is 545 g/mol. The van der Waals surface area contributed by atoms with E-state index in [0.717, 1.165) is 19.3 Å². The molecule has 3 aromatic rings. The summed E-state index contributed by atoms with van der Waals surface area (Å²) in [6.45, 7) is 4.31. The first-order valence-corrected chi connectivity index (χ1v) is 13.4. The number of amides is 3. The lowest BCUT2D eigenvalue weighted by Crippen LogP contribution is -2.52. The van der Waals surface area contributed by atoms with Crippen LogP contribution in [-0.4, -0.2) is 76.5 Å². The maximum atomic E-state index is 12.5. The normalized spacial score (nSPS) is 16.9. The number of piperidine rings is 1. The van der Waals surface area contributed by atoms with Crippen molar-refractivity contribution in [1.82, 2.24) is 24.8 Å². The first kappa shape index (κ1) is 28.5. The molecule has 1 aromatic carbocycles. The van der Waals surface area contributed by atoms with E-state index in [2.05, 4.69) is 17.2 Å². The number of carbonyl (C=O) groups is 3.